The van der Waals surface area contributed by atoms with E-state index in [0.717, 1.165) is 122 Å². The normalized spacial score (nSPS) is 14.6. The molecule has 0 radical (unpaired) electrons. The van der Waals surface area contributed by atoms with Gasteiger partial charge >= 0.3 is 5.97 Å². The van der Waals surface area contributed by atoms with E-state index in [2.05, 4.69) is 117 Å². The predicted molar refractivity (Wildman–Crippen MR) is 311 cm³/mol. The zero-order valence-electron chi connectivity index (χ0n) is 47.5. The van der Waals surface area contributed by atoms with Gasteiger partial charge in [0.2, 0.25) is 5.91 Å². The Kier molecular flexibility index (Phi) is 49.7. The number of carbonyl (C=O) groups excluding carboxylic acids is 2. The molecule has 0 saturated carbocycles. The van der Waals surface area contributed by atoms with Crippen LogP contribution < -0.4 is 10.2 Å². The van der Waals surface area contributed by atoms with E-state index in [0.29, 0.717) is 23.9 Å². The molecule has 0 aromatic rings. The van der Waals surface area contributed by atoms with Crippen LogP contribution in [0, 0.1) is 0 Å². The number of ether oxygens (including phenoxy) is 1. The van der Waals surface area contributed by atoms with Gasteiger partial charge in [0.1, 0.15) is 19.3 Å². The van der Waals surface area contributed by atoms with Gasteiger partial charge in [-0.2, -0.15) is 0 Å². The first-order valence-corrected chi connectivity index (χ1v) is 30.7. The highest BCUT2D eigenvalue weighted by Gasteiger charge is 2.27. The molecule has 9 nitrogen and oxygen atoms in total. The van der Waals surface area contributed by atoms with Crippen molar-refractivity contribution in [2.75, 3.05) is 40.9 Å². The van der Waals surface area contributed by atoms with Crippen molar-refractivity contribution in [1.29, 1.82) is 0 Å². The highest BCUT2D eigenvalue weighted by atomic mass is 31.2. The second-order valence-electron chi connectivity index (χ2n) is 20.4. The number of unbranched alkanes of at least 4 members (excludes halogenated alkanes) is 21. The summed E-state index contributed by atoms with van der Waals surface area (Å²) in [6, 6.07) is -0.909. The van der Waals surface area contributed by atoms with Gasteiger partial charge in [0.05, 0.1) is 33.8 Å². The van der Waals surface area contributed by atoms with E-state index >= 15 is 0 Å². The molecule has 0 aliphatic carbocycles. The van der Waals surface area contributed by atoms with Crippen molar-refractivity contribution in [1.82, 2.24) is 5.32 Å². The average molecular weight is 1040 g/mol. The third kappa shape index (κ3) is 53.3. The number of hydrogen-bond acceptors (Lipinski definition) is 7. The third-order valence-electron chi connectivity index (χ3n) is 12.3. The van der Waals surface area contributed by atoms with Crippen LogP contribution in [0.1, 0.15) is 226 Å². The minimum Gasteiger partial charge on any atom is -0.756 e. The fourth-order valence-corrected chi connectivity index (χ4v) is 8.51. The Balaban J connectivity index is 5.26. The number of hydrogen-bond donors (Lipinski definition) is 1. The number of phosphoric acid groups is 1. The van der Waals surface area contributed by atoms with Crippen molar-refractivity contribution in [2.45, 2.75) is 238 Å². The topological polar surface area (TPSA) is 114 Å². The summed E-state index contributed by atoms with van der Waals surface area (Å²) in [6.07, 6.45) is 70.6. The first-order chi connectivity index (χ1) is 35.4. The lowest BCUT2D eigenvalue weighted by molar-refractivity contribution is -0.870. The molecule has 0 spiro atoms. The van der Waals surface area contributed by atoms with Gasteiger partial charge in [0.25, 0.3) is 7.82 Å². The minimum atomic E-state index is -4.71. The lowest BCUT2D eigenvalue weighted by atomic mass is 10.1. The van der Waals surface area contributed by atoms with Crippen LogP contribution in [0.15, 0.2) is 109 Å². The van der Waals surface area contributed by atoms with Gasteiger partial charge in [-0.05, 0) is 96.0 Å². The van der Waals surface area contributed by atoms with Crippen molar-refractivity contribution in [3.63, 3.8) is 0 Å². The number of likely N-dealkylation sites (N-methyl/N-ethyl adjacent to an activating group) is 1. The molecule has 1 N–H and O–H groups in total. The Morgan fingerprint density at radius 2 is 0.945 bits per heavy atom. The largest absolute Gasteiger partial charge is 0.756 e. The number of nitrogens with one attached hydrogen (secondary N) is 1. The van der Waals surface area contributed by atoms with Crippen molar-refractivity contribution < 1.29 is 37.3 Å². The highest BCUT2D eigenvalue weighted by Crippen LogP contribution is 2.38. The number of phosphoric ester groups is 1. The summed E-state index contributed by atoms with van der Waals surface area (Å²) in [4.78, 5) is 39.8. The third-order valence-corrected chi connectivity index (χ3v) is 13.2. The fraction of sp³-hybridized carbons (Fsp3) is 0.683. The molecule has 73 heavy (non-hydrogen) atoms. The summed E-state index contributed by atoms with van der Waals surface area (Å²) >= 11 is 0. The number of amides is 1. The Bertz CT molecular complexity index is 1620. The van der Waals surface area contributed by atoms with Crippen molar-refractivity contribution in [3.8, 4) is 0 Å². The lowest BCUT2D eigenvalue weighted by Gasteiger charge is -2.30. The zero-order chi connectivity index (χ0) is 53.6. The van der Waals surface area contributed by atoms with Crippen LogP contribution in [0.3, 0.4) is 0 Å². The molecule has 0 aliphatic rings. The van der Waals surface area contributed by atoms with Crippen LogP contribution >= 0.6 is 7.82 Å². The van der Waals surface area contributed by atoms with Gasteiger partial charge in [0, 0.05) is 12.8 Å². The first kappa shape index (κ1) is 69.7. The molecular formula is C63H109N2O7P. The molecule has 418 valence electrons. The lowest BCUT2D eigenvalue weighted by Crippen LogP contribution is -2.47. The molecule has 0 aromatic heterocycles. The second kappa shape index (κ2) is 52.1. The fourth-order valence-electron chi connectivity index (χ4n) is 7.78. The Hall–Kier alpha value is -3.33. The molecule has 1 amide bonds. The van der Waals surface area contributed by atoms with E-state index in [1.807, 2.05) is 39.4 Å². The number of quaternary nitrogens is 1. The first-order valence-electron chi connectivity index (χ1n) is 29.2. The van der Waals surface area contributed by atoms with Crippen LogP contribution in [0.25, 0.3) is 0 Å². The van der Waals surface area contributed by atoms with Crippen LogP contribution in [0.5, 0.6) is 0 Å². The molecule has 0 rings (SSSR count). The summed E-state index contributed by atoms with van der Waals surface area (Å²) in [5, 5.41) is 3.01. The second-order valence-corrected chi connectivity index (χ2v) is 21.9. The highest BCUT2D eigenvalue weighted by molar-refractivity contribution is 7.45. The van der Waals surface area contributed by atoms with E-state index in [4.69, 9.17) is 13.8 Å². The number of allylic oxidation sites excluding steroid dienone is 17. The van der Waals surface area contributed by atoms with Gasteiger partial charge in [-0.1, -0.05) is 227 Å². The van der Waals surface area contributed by atoms with E-state index in [-0.39, 0.29) is 24.9 Å². The molecule has 0 heterocycles. The van der Waals surface area contributed by atoms with Crippen LogP contribution in [-0.4, -0.2) is 69.4 Å². The van der Waals surface area contributed by atoms with Gasteiger partial charge in [-0.3, -0.25) is 14.2 Å². The van der Waals surface area contributed by atoms with E-state index in [1.54, 1.807) is 0 Å². The van der Waals surface area contributed by atoms with Crippen molar-refractivity contribution in [3.05, 3.63) is 109 Å². The summed E-state index contributed by atoms with van der Waals surface area (Å²) < 4.78 is 30.2. The summed E-state index contributed by atoms with van der Waals surface area (Å²) in [5.41, 5.74) is 0. The van der Waals surface area contributed by atoms with Crippen LogP contribution in [0.2, 0.25) is 0 Å². The number of carbonyl (C=O) groups is 2. The maximum Gasteiger partial charge on any atom is 0.306 e. The molecule has 0 saturated heterocycles. The zero-order valence-corrected chi connectivity index (χ0v) is 48.4. The molecule has 0 aromatic carbocycles. The van der Waals surface area contributed by atoms with E-state index < -0.39 is 26.6 Å². The molecule has 3 atom stereocenters. The molecule has 3 unspecified atom stereocenters. The monoisotopic (exact) mass is 1040 g/mol. The average Bonchev–Trinajstić information content (AvgIpc) is 3.35. The maximum absolute atomic E-state index is 13.5. The van der Waals surface area contributed by atoms with Crippen molar-refractivity contribution in [2.24, 2.45) is 0 Å². The van der Waals surface area contributed by atoms with Crippen LogP contribution in [-0.2, 0) is 27.9 Å². The number of rotatable bonds is 51. The molecule has 0 aliphatic heterocycles. The van der Waals surface area contributed by atoms with Gasteiger partial charge in [-0.25, -0.2) is 0 Å². The predicted octanol–water partition coefficient (Wildman–Crippen LogP) is 17.1. The van der Waals surface area contributed by atoms with Crippen LogP contribution in [0.4, 0.5) is 0 Å². The maximum atomic E-state index is 13.5. The smallest absolute Gasteiger partial charge is 0.306 e. The Morgan fingerprint density at radius 1 is 0.507 bits per heavy atom. The van der Waals surface area contributed by atoms with E-state index in [1.165, 1.54) is 64.2 Å². The Labute approximate surface area is 449 Å². The van der Waals surface area contributed by atoms with Gasteiger partial charge in [-0.15, -0.1) is 0 Å². The summed E-state index contributed by atoms with van der Waals surface area (Å²) in [5.74, 6) is -0.587. The van der Waals surface area contributed by atoms with Gasteiger partial charge in [0.15, 0.2) is 0 Å². The number of nitrogens with zero attached hydrogens (tertiary/aromatic N) is 1. The SMILES string of the molecule is CC/C=C\C/C=C\C/C=C\C/C=C\C/C=C\CCCCCCCCCC(=O)NC(COP(=O)([O-])OCC[N+](C)(C)C)C(/C=C\CCCCCCCCCCC)OC(=O)CCCCCCC\C=C/C=C/C=C/CC. The standard InChI is InChI=1S/C63H109N2O7P/c1-7-10-13-16-19-22-25-27-28-29-30-31-32-33-34-35-36-38-40-43-46-49-52-55-62(66)64-60(59-71-73(68,69)70-58-57-65(4,5)6)61(54-51-48-45-42-39-24-21-18-15-12-9-3)72-63(67)56-53-50-47-44-41-37-26-23-20-17-14-11-8-2/h10-11,13-14,17,19-20,22-23,26-28,30-31,33-34,51,54,60-61H,7-9,12,15-16,18,21,24-25,29,32,35-50,52-53,55-59H2,1-6H3,(H-,64,66,68,69)/b13-10-,14-11+,20-17+,22-19-,26-23-,28-27-,31-30-,34-33-,54-51-. The Morgan fingerprint density at radius 3 is 1.47 bits per heavy atom. The molecular weight excluding hydrogens is 928 g/mol. The van der Waals surface area contributed by atoms with Gasteiger partial charge < -0.3 is 28.5 Å². The summed E-state index contributed by atoms with van der Waals surface area (Å²) in [7, 11) is 1.15. The van der Waals surface area contributed by atoms with Crippen molar-refractivity contribution >= 4 is 19.7 Å². The minimum absolute atomic E-state index is 0.0341. The number of esters is 1. The molecule has 0 fully saturated rings. The van der Waals surface area contributed by atoms with E-state index in [9.17, 15) is 19.0 Å². The molecule has 10 heteroatoms. The summed E-state index contributed by atoms with van der Waals surface area (Å²) in [6.45, 7) is 6.54. The quantitative estimate of drug-likeness (QED) is 0.0161. The molecule has 0 bridgehead atoms.